The third-order valence-electron chi connectivity index (χ3n) is 2.45. The maximum Gasteiger partial charge on any atom is 0.339 e. The average Bonchev–Trinajstić information content (AvgIpc) is 2.48. The summed E-state index contributed by atoms with van der Waals surface area (Å²) in [5.74, 6) is 0.271. The molecule has 0 unspecified atom stereocenters. The van der Waals surface area contributed by atoms with Crippen LogP contribution in [0, 0.1) is 0 Å². The standard InChI is InChI=1S/C14H14N2O3S/c17-14(18)11-4-1-2-5-12(11)19-8-3-9-20-13-10-15-6-7-16-13/h1-2,4-7,10H,3,8-9H2,(H,17,18). The maximum atomic E-state index is 11.0. The first kappa shape index (κ1) is 14.3. The summed E-state index contributed by atoms with van der Waals surface area (Å²) in [5.41, 5.74) is 0.189. The van der Waals surface area contributed by atoms with Gasteiger partial charge < -0.3 is 9.84 Å². The van der Waals surface area contributed by atoms with Crippen LogP contribution in [0.15, 0.2) is 47.9 Å². The Balaban J connectivity index is 1.75. The Morgan fingerprint density at radius 1 is 1.30 bits per heavy atom. The van der Waals surface area contributed by atoms with Gasteiger partial charge in [-0.1, -0.05) is 12.1 Å². The molecule has 6 heteroatoms. The van der Waals surface area contributed by atoms with Crippen LogP contribution in [0.25, 0.3) is 0 Å². The molecule has 1 aromatic carbocycles. The maximum absolute atomic E-state index is 11.0. The highest BCUT2D eigenvalue weighted by molar-refractivity contribution is 7.99. The SMILES string of the molecule is O=C(O)c1ccccc1OCCCSc1cnccn1. The number of benzene rings is 1. The van der Waals surface area contributed by atoms with Crippen molar-refractivity contribution in [3.63, 3.8) is 0 Å². The first-order chi connectivity index (χ1) is 9.77. The number of rotatable bonds is 7. The van der Waals surface area contributed by atoms with E-state index < -0.39 is 5.97 Å². The molecule has 0 saturated heterocycles. The smallest absolute Gasteiger partial charge is 0.339 e. The summed E-state index contributed by atoms with van der Waals surface area (Å²) >= 11 is 1.60. The molecule has 2 rings (SSSR count). The van der Waals surface area contributed by atoms with Crippen molar-refractivity contribution < 1.29 is 14.6 Å². The molecule has 0 radical (unpaired) electrons. The second kappa shape index (κ2) is 7.49. The summed E-state index contributed by atoms with van der Waals surface area (Å²) in [4.78, 5) is 19.1. The Morgan fingerprint density at radius 2 is 2.15 bits per heavy atom. The minimum atomic E-state index is -0.977. The molecule has 1 aromatic heterocycles. The van der Waals surface area contributed by atoms with E-state index in [0.29, 0.717) is 12.4 Å². The Morgan fingerprint density at radius 3 is 2.90 bits per heavy atom. The van der Waals surface area contributed by atoms with Gasteiger partial charge in [0.15, 0.2) is 0 Å². The number of aromatic carboxylic acids is 1. The lowest BCUT2D eigenvalue weighted by Gasteiger charge is -2.08. The normalized spacial score (nSPS) is 10.2. The van der Waals surface area contributed by atoms with Gasteiger partial charge >= 0.3 is 5.97 Å². The molecule has 0 aliphatic rings. The molecule has 2 aromatic rings. The fourth-order valence-corrected chi connectivity index (χ4v) is 2.29. The van der Waals surface area contributed by atoms with Crippen molar-refractivity contribution in [2.45, 2.75) is 11.4 Å². The molecule has 1 heterocycles. The molecule has 0 bridgehead atoms. The first-order valence-corrected chi connectivity index (χ1v) is 7.10. The van der Waals surface area contributed by atoms with Crippen molar-refractivity contribution in [2.75, 3.05) is 12.4 Å². The Labute approximate surface area is 121 Å². The van der Waals surface area contributed by atoms with Crippen molar-refractivity contribution in [1.29, 1.82) is 0 Å². The molecule has 20 heavy (non-hydrogen) atoms. The number of carboxylic acids is 1. The number of thioether (sulfide) groups is 1. The first-order valence-electron chi connectivity index (χ1n) is 6.11. The minimum Gasteiger partial charge on any atom is -0.493 e. The van der Waals surface area contributed by atoms with Crippen LogP contribution in [0.3, 0.4) is 0 Å². The van der Waals surface area contributed by atoms with Crippen LogP contribution in [0.2, 0.25) is 0 Å². The second-order valence-corrected chi connectivity index (χ2v) is 5.01. The highest BCUT2D eigenvalue weighted by Crippen LogP contribution is 2.19. The lowest BCUT2D eigenvalue weighted by atomic mass is 10.2. The summed E-state index contributed by atoms with van der Waals surface area (Å²) < 4.78 is 5.51. The topological polar surface area (TPSA) is 72.3 Å². The summed E-state index contributed by atoms with van der Waals surface area (Å²) in [7, 11) is 0. The van der Waals surface area contributed by atoms with E-state index in [4.69, 9.17) is 9.84 Å². The van der Waals surface area contributed by atoms with E-state index in [1.54, 1.807) is 48.6 Å². The largest absolute Gasteiger partial charge is 0.493 e. The van der Waals surface area contributed by atoms with Crippen LogP contribution in [0.5, 0.6) is 5.75 Å². The monoisotopic (exact) mass is 290 g/mol. The summed E-state index contributed by atoms with van der Waals surface area (Å²) in [5, 5.41) is 9.89. The fraction of sp³-hybridized carbons (Fsp3) is 0.214. The van der Waals surface area contributed by atoms with E-state index in [1.165, 1.54) is 6.07 Å². The molecule has 0 amide bonds. The number of aromatic nitrogens is 2. The number of hydrogen-bond acceptors (Lipinski definition) is 5. The van der Waals surface area contributed by atoms with Gasteiger partial charge in [-0.3, -0.25) is 4.98 Å². The highest BCUT2D eigenvalue weighted by atomic mass is 32.2. The van der Waals surface area contributed by atoms with Crippen LogP contribution in [0.4, 0.5) is 0 Å². The number of ether oxygens (including phenoxy) is 1. The van der Waals surface area contributed by atoms with Gasteiger partial charge in [0, 0.05) is 18.1 Å². The van der Waals surface area contributed by atoms with Gasteiger partial charge in [-0.2, -0.15) is 0 Å². The van der Waals surface area contributed by atoms with Crippen LogP contribution in [-0.4, -0.2) is 33.4 Å². The van der Waals surface area contributed by atoms with Gasteiger partial charge in [0.2, 0.25) is 0 Å². The molecule has 0 saturated carbocycles. The van der Waals surface area contributed by atoms with Crippen molar-refractivity contribution in [1.82, 2.24) is 9.97 Å². The molecule has 5 nitrogen and oxygen atoms in total. The van der Waals surface area contributed by atoms with E-state index in [9.17, 15) is 4.79 Å². The zero-order chi connectivity index (χ0) is 14.2. The lowest BCUT2D eigenvalue weighted by molar-refractivity contribution is 0.0692. The Bertz CT molecular complexity index is 563. The summed E-state index contributed by atoms with van der Waals surface area (Å²) in [6.45, 7) is 0.470. The number of carboxylic acid groups (broad SMARTS) is 1. The van der Waals surface area contributed by atoms with Crippen LogP contribution < -0.4 is 4.74 Å². The molecular weight excluding hydrogens is 276 g/mol. The van der Waals surface area contributed by atoms with Gasteiger partial charge in [-0.15, -0.1) is 11.8 Å². The molecule has 0 atom stereocenters. The lowest BCUT2D eigenvalue weighted by Crippen LogP contribution is -2.04. The quantitative estimate of drug-likeness (QED) is 0.624. The predicted molar refractivity (Wildman–Crippen MR) is 76.3 cm³/mol. The Hall–Kier alpha value is -2.08. The summed E-state index contributed by atoms with van der Waals surface area (Å²) in [6.07, 6.45) is 5.80. The zero-order valence-corrected chi connectivity index (χ0v) is 11.5. The number of hydrogen-bond donors (Lipinski definition) is 1. The van der Waals surface area contributed by atoms with Crippen LogP contribution in [-0.2, 0) is 0 Å². The van der Waals surface area contributed by atoms with E-state index in [-0.39, 0.29) is 5.56 Å². The number of carbonyl (C=O) groups is 1. The molecule has 104 valence electrons. The third-order valence-corrected chi connectivity index (χ3v) is 3.45. The van der Waals surface area contributed by atoms with Gasteiger partial charge in [0.1, 0.15) is 16.3 Å². The zero-order valence-electron chi connectivity index (χ0n) is 10.7. The molecule has 0 fully saturated rings. The van der Waals surface area contributed by atoms with E-state index in [2.05, 4.69) is 9.97 Å². The minimum absolute atomic E-state index is 0.189. The van der Waals surface area contributed by atoms with E-state index in [1.807, 2.05) is 0 Å². The van der Waals surface area contributed by atoms with Crippen molar-refractivity contribution >= 4 is 17.7 Å². The van der Waals surface area contributed by atoms with Gasteiger partial charge in [0.05, 0.1) is 12.8 Å². The number of nitrogens with zero attached hydrogens (tertiary/aromatic N) is 2. The van der Waals surface area contributed by atoms with Crippen LogP contribution in [0.1, 0.15) is 16.8 Å². The predicted octanol–water partition coefficient (Wildman–Crippen LogP) is 2.74. The van der Waals surface area contributed by atoms with Gasteiger partial charge in [-0.05, 0) is 18.6 Å². The second-order valence-electron chi connectivity index (χ2n) is 3.90. The summed E-state index contributed by atoms with van der Waals surface area (Å²) in [6, 6.07) is 6.64. The van der Waals surface area contributed by atoms with Gasteiger partial charge in [-0.25, -0.2) is 9.78 Å². The van der Waals surface area contributed by atoms with E-state index >= 15 is 0 Å². The Kier molecular flexibility index (Phi) is 5.37. The molecule has 0 spiro atoms. The molecule has 0 aliphatic carbocycles. The highest BCUT2D eigenvalue weighted by Gasteiger charge is 2.09. The molecule has 1 N–H and O–H groups in total. The van der Waals surface area contributed by atoms with Crippen molar-refractivity contribution in [3.8, 4) is 5.75 Å². The fourth-order valence-electron chi connectivity index (χ4n) is 1.55. The van der Waals surface area contributed by atoms with Gasteiger partial charge in [0.25, 0.3) is 0 Å². The van der Waals surface area contributed by atoms with Crippen LogP contribution >= 0.6 is 11.8 Å². The number of para-hydroxylation sites is 1. The van der Waals surface area contributed by atoms with E-state index in [0.717, 1.165) is 17.2 Å². The van der Waals surface area contributed by atoms with Crippen molar-refractivity contribution in [2.24, 2.45) is 0 Å². The molecule has 0 aliphatic heterocycles. The molecular formula is C14H14N2O3S. The average molecular weight is 290 g/mol. The third kappa shape index (κ3) is 4.24. The van der Waals surface area contributed by atoms with Crippen molar-refractivity contribution in [3.05, 3.63) is 48.4 Å².